The summed E-state index contributed by atoms with van der Waals surface area (Å²) in [7, 11) is -3.93. The van der Waals surface area contributed by atoms with E-state index in [2.05, 4.69) is 39.3 Å². The van der Waals surface area contributed by atoms with Crippen LogP contribution in [0.3, 0.4) is 0 Å². The second-order valence-electron chi connectivity index (χ2n) is 11.3. The first-order valence-corrected chi connectivity index (χ1v) is 17.0. The monoisotopic (exact) mass is 642 g/mol. The molecule has 2 aliphatic heterocycles. The number of para-hydroxylation sites is 2. The van der Waals surface area contributed by atoms with Crippen molar-refractivity contribution in [2.75, 3.05) is 30.9 Å². The summed E-state index contributed by atoms with van der Waals surface area (Å²) in [5, 5.41) is 3.94. The Morgan fingerprint density at radius 2 is 1.64 bits per heavy atom. The summed E-state index contributed by atoms with van der Waals surface area (Å²) >= 11 is 5.96. The van der Waals surface area contributed by atoms with Crippen molar-refractivity contribution in [1.82, 2.24) is 10.2 Å². The highest BCUT2D eigenvalue weighted by Gasteiger charge is 2.25. The van der Waals surface area contributed by atoms with E-state index in [1.165, 1.54) is 17.7 Å². The molecular formula is C35H35ClN4O4S. The summed E-state index contributed by atoms with van der Waals surface area (Å²) in [5.41, 5.74) is 3.18. The number of piperidine rings is 1. The SMILES string of the molecule is O=C(c1ccc(S(=O)(=O)Nc2ccccc2Oc2ccc(Cl)cc2)cc1)N1CCC(Cc2ccc(C3=NCCCN3)cc2)CC1. The Balaban J connectivity index is 1.03. The number of nitrogens with zero attached hydrogens (tertiary/aromatic N) is 2. The largest absolute Gasteiger partial charge is 0.455 e. The Morgan fingerprint density at radius 1 is 0.933 bits per heavy atom. The lowest BCUT2D eigenvalue weighted by Crippen LogP contribution is -2.38. The number of amidine groups is 1. The van der Waals surface area contributed by atoms with Crippen molar-refractivity contribution in [2.24, 2.45) is 10.9 Å². The third kappa shape index (κ3) is 7.67. The van der Waals surface area contributed by atoms with E-state index in [4.69, 9.17) is 16.3 Å². The van der Waals surface area contributed by atoms with Gasteiger partial charge in [0.1, 0.15) is 11.6 Å². The van der Waals surface area contributed by atoms with E-state index in [1.54, 1.807) is 60.7 Å². The van der Waals surface area contributed by atoms with E-state index in [1.807, 2.05) is 4.90 Å². The lowest BCUT2D eigenvalue weighted by Gasteiger charge is -2.32. The average molecular weight is 643 g/mol. The molecule has 0 atom stereocenters. The molecule has 0 bridgehead atoms. The third-order valence-corrected chi connectivity index (χ3v) is 9.77. The number of hydrogen-bond acceptors (Lipinski definition) is 6. The molecule has 6 rings (SSSR count). The topological polar surface area (TPSA) is 100 Å². The van der Waals surface area contributed by atoms with Crippen LogP contribution in [0.5, 0.6) is 11.5 Å². The van der Waals surface area contributed by atoms with Crippen LogP contribution in [-0.4, -0.2) is 51.2 Å². The van der Waals surface area contributed by atoms with E-state index in [0.29, 0.717) is 46.8 Å². The van der Waals surface area contributed by atoms with Gasteiger partial charge in [0, 0.05) is 42.3 Å². The fourth-order valence-electron chi connectivity index (χ4n) is 5.63. The maximum Gasteiger partial charge on any atom is 0.262 e. The molecule has 4 aromatic rings. The number of carbonyl (C=O) groups is 1. The smallest absolute Gasteiger partial charge is 0.262 e. The fourth-order valence-corrected chi connectivity index (χ4v) is 6.83. The Hall–Kier alpha value is -4.34. The van der Waals surface area contributed by atoms with E-state index in [-0.39, 0.29) is 10.8 Å². The maximum absolute atomic E-state index is 13.3. The molecule has 2 aliphatic rings. The van der Waals surface area contributed by atoms with Crippen molar-refractivity contribution < 1.29 is 17.9 Å². The van der Waals surface area contributed by atoms with Gasteiger partial charge in [-0.3, -0.25) is 14.5 Å². The molecule has 0 spiro atoms. The minimum Gasteiger partial charge on any atom is -0.455 e. The number of nitrogens with one attached hydrogen (secondary N) is 2. The van der Waals surface area contributed by atoms with Crippen molar-refractivity contribution >= 4 is 39.1 Å². The molecule has 1 amide bonds. The molecule has 0 unspecified atom stereocenters. The molecule has 1 saturated heterocycles. The Morgan fingerprint density at radius 3 is 2.33 bits per heavy atom. The first-order chi connectivity index (χ1) is 21.8. The van der Waals surface area contributed by atoms with Gasteiger partial charge in [-0.25, -0.2) is 8.42 Å². The van der Waals surface area contributed by atoms with Gasteiger partial charge in [-0.1, -0.05) is 48.0 Å². The number of ether oxygens (including phenoxy) is 1. The molecular weight excluding hydrogens is 608 g/mol. The molecule has 2 N–H and O–H groups in total. The van der Waals surface area contributed by atoms with Gasteiger partial charge < -0.3 is 15.0 Å². The highest BCUT2D eigenvalue weighted by molar-refractivity contribution is 7.92. The predicted octanol–water partition coefficient (Wildman–Crippen LogP) is 6.77. The number of aliphatic imine (C=N–C) groups is 1. The number of sulfonamides is 1. The lowest BCUT2D eigenvalue weighted by molar-refractivity contribution is 0.0690. The zero-order chi connectivity index (χ0) is 31.2. The van der Waals surface area contributed by atoms with Crippen LogP contribution in [0.4, 0.5) is 5.69 Å². The van der Waals surface area contributed by atoms with Crippen LogP contribution in [-0.2, 0) is 16.4 Å². The van der Waals surface area contributed by atoms with E-state index < -0.39 is 10.0 Å². The molecule has 8 nitrogen and oxygen atoms in total. The first-order valence-electron chi connectivity index (χ1n) is 15.2. The summed E-state index contributed by atoms with van der Waals surface area (Å²) in [6.07, 6.45) is 3.91. The normalized spacial score (nSPS) is 15.6. The van der Waals surface area contributed by atoms with Crippen molar-refractivity contribution in [1.29, 1.82) is 0 Å². The number of carbonyl (C=O) groups excluding carboxylic acids is 1. The second-order valence-corrected chi connectivity index (χ2v) is 13.4. The van der Waals surface area contributed by atoms with Gasteiger partial charge in [0.2, 0.25) is 0 Å². The number of halogens is 1. The quantitative estimate of drug-likeness (QED) is 0.210. The van der Waals surface area contributed by atoms with Gasteiger partial charge in [-0.2, -0.15) is 0 Å². The van der Waals surface area contributed by atoms with Crippen molar-refractivity contribution in [3.63, 3.8) is 0 Å². The van der Waals surface area contributed by atoms with Crippen LogP contribution in [0.15, 0.2) is 107 Å². The zero-order valence-corrected chi connectivity index (χ0v) is 26.4. The van der Waals surface area contributed by atoms with Crippen molar-refractivity contribution in [2.45, 2.75) is 30.6 Å². The fraction of sp³-hybridized carbons (Fsp3) is 0.257. The van der Waals surface area contributed by atoms with Crippen molar-refractivity contribution in [3.05, 3.63) is 119 Å². The van der Waals surface area contributed by atoms with Gasteiger partial charge >= 0.3 is 0 Å². The van der Waals surface area contributed by atoms with Gasteiger partial charge in [0.15, 0.2) is 5.75 Å². The molecule has 10 heteroatoms. The van der Waals surface area contributed by atoms with Gasteiger partial charge in [-0.05, 0) is 97.8 Å². The molecule has 4 aromatic carbocycles. The minimum absolute atomic E-state index is 0.0522. The molecule has 0 saturated carbocycles. The Bertz CT molecular complexity index is 1770. The minimum atomic E-state index is -3.93. The number of rotatable bonds is 9. The third-order valence-electron chi connectivity index (χ3n) is 8.14. The number of likely N-dealkylation sites (tertiary alicyclic amines) is 1. The predicted molar refractivity (Wildman–Crippen MR) is 178 cm³/mol. The van der Waals surface area contributed by atoms with Crippen LogP contribution < -0.4 is 14.8 Å². The van der Waals surface area contributed by atoms with Gasteiger partial charge in [0.25, 0.3) is 15.9 Å². The van der Waals surface area contributed by atoms with Crippen LogP contribution in [0.2, 0.25) is 5.02 Å². The molecule has 2 heterocycles. The summed E-state index contributed by atoms with van der Waals surface area (Å²) < 4.78 is 35.0. The molecule has 45 heavy (non-hydrogen) atoms. The zero-order valence-electron chi connectivity index (χ0n) is 24.8. The van der Waals surface area contributed by atoms with Gasteiger partial charge in [0.05, 0.1) is 10.6 Å². The summed E-state index contributed by atoms with van der Waals surface area (Å²) in [6.45, 7) is 3.19. The van der Waals surface area contributed by atoms with Crippen LogP contribution in [0, 0.1) is 5.92 Å². The highest BCUT2D eigenvalue weighted by Crippen LogP contribution is 2.32. The van der Waals surface area contributed by atoms with Crippen molar-refractivity contribution in [3.8, 4) is 11.5 Å². The highest BCUT2D eigenvalue weighted by atomic mass is 35.5. The average Bonchev–Trinajstić information content (AvgIpc) is 3.07. The lowest BCUT2D eigenvalue weighted by atomic mass is 9.89. The van der Waals surface area contributed by atoms with E-state index in [9.17, 15) is 13.2 Å². The Kier molecular flexibility index (Phi) is 9.37. The van der Waals surface area contributed by atoms with Crippen LogP contribution >= 0.6 is 11.6 Å². The summed E-state index contributed by atoms with van der Waals surface area (Å²) in [4.78, 5) is 19.7. The second kappa shape index (κ2) is 13.7. The van der Waals surface area contributed by atoms with E-state index >= 15 is 0 Å². The standard InChI is InChI=1S/C35H35ClN4O4S/c36-29-12-14-30(15-13-29)44-33-5-2-1-4-32(33)39-45(42,43)31-16-10-28(11-17-31)35(41)40-22-18-26(19-23-40)24-25-6-8-27(9-7-25)34-37-20-3-21-38-34/h1-2,4-17,26,39H,3,18-24H2,(H,37,38). The molecule has 1 fully saturated rings. The molecule has 0 aromatic heterocycles. The maximum atomic E-state index is 13.3. The summed E-state index contributed by atoms with van der Waals surface area (Å²) in [5.74, 6) is 2.27. The first kappa shape index (κ1) is 30.7. The number of amides is 1. The molecule has 0 aliphatic carbocycles. The molecule has 0 radical (unpaired) electrons. The number of benzene rings is 4. The van der Waals surface area contributed by atoms with E-state index in [0.717, 1.165) is 50.2 Å². The summed E-state index contributed by atoms with van der Waals surface area (Å²) in [6, 6.07) is 28.3. The number of hydrogen-bond donors (Lipinski definition) is 2. The molecule has 232 valence electrons. The van der Waals surface area contributed by atoms with Gasteiger partial charge in [-0.15, -0.1) is 0 Å². The Labute approximate surface area is 269 Å². The van der Waals surface area contributed by atoms with Crippen LogP contribution in [0.1, 0.15) is 40.7 Å². The van der Waals surface area contributed by atoms with Crippen LogP contribution in [0.25, 0.3) is 0 Å². The number of anilines is 1.